The predicted molar refractivity (Wildman–Crippen MR) is 67.1 cm³/mol. The lowest BCUT2D eigenvalue weighted by Crippen LogP contribution is -2.27. The van der Waals surface area contributed by atoms with Crippen molar-refractivity contribution in [2.75, 3.05) is 6.54 Å². The summed E-state index contributed by atoms with van der Waals surface area (Å²) in [6.07, 6.45) is 5.06. The van der Waals surface area contributed by atoms with Gasteiger partial charge in [0.25, 0.3) is 0 Å². The minimum atomic E-state index is 0.661. The summed E-state index contributed by atoms with van der Waals surface area (Å²) in [6, 6.07) is 11.3. The van der Waals surface area contributed by atoms with Crippen molar-refractivity contribution in [3.63, 3.8) is 0 Å². The number of hydrogen-bond donors (Lipinski definition) is 1. The van der Waals surface area contributed by atoms with Crippen LogP contribution in [0.2, 0.25) is 0 Å². The number of nitrogens with one attached hydrogen (secondary N) is 1. The molecule has 1 rings (SSSR count). The van der Waals surface area contributed by atoms with Crippen molar-refractivity contribution < 1.29 is 0 Å². The van der Waals surface area contributed by atoms with Crippen molar-refractivity contribution in [1.29, 1.82) is 0 Å². The van der Waals surface area contributed by atoms with E-state index in [9.17, 15) is 0 Å². The van der Waals surface area contributed by atoms with Crippen LogP contribution in [0.5, 0.6) is 0 Å². The molecule has 1 atom stereocenters. The molecule has 0 fully saturated rings. The first kappa shape index (κ1) is 12.3. The maximum Gasteiger partial charge on any atom is 0.00388 e. The maximum atomic E-state index is 3.57. The molecule has 0 aliphatic carbocycles. The lowest BCUT2D eigenvalue weighted by Gasteiger charge is -2.12. The first-order valence-corrected chi connectivity index (χ1v) is 6.10. The highest BCUT2D eigenvalue weighted by molar-refractivity contribution is 5.14. The maximum absolute atomic E-state index is 3.57. The Bertz CT molecular complexity index is 243. The van der Waals surface area contributed by atoms with Gasteiger partial charge in [-0.2, -0.15) is 0 Å². The number of benzene rings is 1. The molecule has 0 spiro atoms. The highest BCUT2D eigenvalue weighted by atomic mass is 14.9. The molecule has 1 unspecified atom stereocenters. The molecule has 0 radical (unpaired) electrons. The molecule has 1 N–H and O–H groups in total. The fourth-order valence-electron chi connectivity index (χ4n) is 1.72. The van der Waals surface area contributed by atoms with E-state index in [2.05, 4.69) is 49.5 Å². The third kappa shape index (κ3) is 5.58. The smallest absolute Gasteiger partial charge is 0.00388 e. The van der Waals surface area contributed by atoms with E-state index in [0.29, 0.717) is 6.04 Å². The van der Waals surface area contributed by atoms with Crippen molar-refractivity contribution in [2.45, 2.75) is 45.6 Å². The Hall–Kier alpha value is -0.820. The van der Waals surface area contributed by atoms with Gasteiger partial charge in [-0.1, -0.05) is 50.1 Å². The van der Waals surface area contributed by atoms with E-state index in [1.165, 1.54) is 24.8 Å². The monoisotopic (exact) mass is 205 g/mol. The van der Waals surface area contributed by atoms with Crippen molar-refractivity contribution in [1.82, 2.24) is 5.32 Å². The van der Waals surface area contributed by atoms with E-state index in [0.717, 1.165) is 13.0 Å². The van der Waals surface area contributed by atoms with Crippen molar-refractivity contribution >= 4 is 0 Å². The van der Waals surface area contributed by atoms with E-state index in [-0.39, 0.29) is 0 Å². The summed E-state index contributed by atoms with van der Waals surface area (Å²) in [5.41, 5.74) is 1.42. The van der Waals surface area contributed by atoms with Crippen LogP contribution in [0, 0.1) is 0 Å². The zero-order valence-electron chi connectivity index (χ0n) is 10.00. The lowest BCUT2D eigenvalue weighted by atomic mass is 10.1. The zero-order chi connectivity index (χ0) is 10.9. The van der Waals surface area contributed by atoms with Crippen LogP contribution >= 0.6 is 0 Å². The molecule has 1 heteroatoms. The largest absolute Gasteiger partial charge is 0.314 e. The van der Waals surface area contributed by atoms with Crippen molar-refractivity contribution in [3.05, 3.63) is 35.9 Å². The minimum absolute atomic E-state index is 0.661. The Kier molecular flexibility index (Phi) is 6.10. The first-order valence-electron chi connectivity index (χ1n) is 6.10. The van der Waals surface area contributed by atoms with Gasteiger partial charge in [-0.15, -0.1) is 0 Å². The molecule has 1 aromatic carbocycles. The van der Waals surface area contributed by atoms with Gasteiger partial charge in [-0.05, 0) is 31.9 Å². The molecule has 0 saturated heterocycles. The zero-order valence-corrected chi connectivity index (χ0v) is 10.00. The van der Waals surface area contributed by atoms with Crippen LogP contribution in [0.25, 0.3) is 0 Å². The SMILES string of the molecule is CCCCC(C)NCCc1ccccc1. The Morgan fingerprint density at radius 2 is 1.93 bits per heavy atom. The molecule has 0 bridgehead atoms. The summed E-state index contributed by atoms with van der Waals surface area (Å²) in [5.74, 6) is 0. The summed E-state index contributed by atoms with van der Waals surface area (Å²) >= 11 is 0. The second-order valence-corrected chi connectivity index (χ2v) is 4.23. The van der Waals surface area contributed by atoms with Gasteiger partial charge in [-0.3, -0.25) is 0 Å². The molecule has 0 amide bonds. The Balaban J connectivity index is 2.11. The fraction of sp³-hybridized carbons (Fsp3) is 0.571. The lowest BCUT2D eigenvalue weighted by molar-refractivity contribution is 0.498. The molecule has 15 heavy (non-hydrogen) atoms. The molecule has 1 aromatic rings. The number of hydrogen-bond acceptors (Lipinski definition) is 1. The molecule has 1 nitrogen and oxygen atoms in total. The molecule has 84 valence electrons. The van der Waals surface area contributed by atoms with Crippen LogP contribution in [0.1, 0.15) is 38.7 Å². The summed E-state index contributed by atoms with van der Waals surface area (Å²) in [7, 11) is 0. The third-order valence-electron chi connectivity index (χ3n) is 2.74. The number of unbranched alkanes of at least 4 members (excludes halogenated alkanes) is 1. The molecule has 0 aromatic heterocycles. The Labute approximate surface area is 93.9 Å². The third-order valence-corrected chi connectivity index (χ3v) is 2.74. The van der Waals surface area contributed by atoms with Crippen LogP contribution in [0.3, 0.4) is 0 Å². The quantitative estimate of drug-likeness (QED) is 0.719. The van der Waals surface area contributed by atoms with Crippen LogP contribution in [-0.4, -0.2) is 12.6 Å². The van der Waals surface area contributed by atoms with Crippen LogP contribution in [-0.2, 0) is 6.42 Å². The first-order chi connectivity index (χ1) is 7.33. The summed E-state index contributed by atoms with van der Waals surface area (Å²) in [4.78, 5) is 0. The Morgan fingerprint density at radius 1 is 1.20 bits per heavy atom. The predicted octanol–water partition coefficient (Wildman–Crippen LogP) is 3.40. The summed E-state index contributed by atoms with van der Waals surface area (Å²) in [5, 5.41) is 3.57. The molecule has 0 aliphatic heterocycles. The highest BCUT2D eigenvalue weighted by Gasteiger charge is 1.99. The standard InChI is InChI=1S/C14H23N/c1-3-4-8-13(2)15-12-11-14-9-6-5-7-10-14/h5-7,9-10,13,15H,3-4,8,11-12H2,1-2H3. The second kappa shape index (κ2) is 7.47. The van der Waals surface area contributed by atoms with Crippen LogP contribution in [0.15, 0.2) is 30.3 Å². The summed E-state index contributed by atoms with van der Waals surface area (Å²) in [6.45, 7) is 5.62. The van der Waals surface area contributed by atoms with Crippen LogP contribution < -0.4 is 5.32 Å². The van der Waals surface area contributed by atoms with E-state index in [1.807, 2.05) is 0 Å². The molecule has 0 heterocycles. The Morgan fingerprint density at radius 3 is 2.60 bits per heavy atom. The van der Waals surface area contributed by atoms with Crippen LogP contribution in [0.4, 0.5) is 0 Å². The van der Waals surface area contributed by atoms with Gasteiger partial charge in [0.15, 0.2) is 0 Å². The molecular formula is C14H23N. The van der Waals surface area contributed by atoms with Gasteiger partial charge in [0.05, 0.1) is 0 Å². The average Bonchev–Trinajstić information content (AvgIpc) is 2.28. The van der Waals surface area contributed by atoms with Gasteiger partial charge < -0.3 is 5.32 Å². The highest BCUT2D eigenvalue weighted by Crippen LogP contribution is 2.01. The average molecular weight is 205 g/mol. The van der Waals surface area contributed by atoms with Crippen molar-refractivity contribution in [3.8, 4) is 0 Å². The van der Waals surface area contributed by atoms with Crippen molar-refractivity contribution in [2.24, 2.45) is 0 Å². The molecule has 0 aliphatic rings. The number of rotatable bonds is 7. The molecule has 0 saturated carbocycles. The normalized spacial score (nSPS) is 12.7. The minimum Gasteiger partial charge on any atom is -0.314 e. The van der Waals surface area contributed by atoms with Gasteiger partial charge in [0.2, 0.25) is 0 Å². The van der Waals surface area contributed by atoms with Gasteiger partial charge >= 0.3 is 0 Å². The van der Waals surface area contributed by atoms with E-state index in [4.69, 9.17) is 0 Å². The van der Waals surface area contributed by atoms with E-state index >= 15 is 0 Å². The molecular weight excluding hydrogens is 182 g/mol. The van der Waals surface area contributed by atoms with Gasteiger partial charge in [-0.25, -0.2) is 0 Å². The van der Waals surface area contributed by atoms with E-state index < -0.39 is 0 Å². The van der Waals surface area contributed by atoms with Gasteiger partial charge in [0.1, 0.15) is 0 Å². The van der Waals surface area contributed by atoms with E-state index in [1.54, 1.807) is 0 Å². The summed E-state index contributed by atoms with van der Waals surface area (Å²) < 4.78 is 0. The van der Waals surface area contributed by atoms with Gasteiger partial charge in [0, 0.05) is 6.04 Å². The fourth-order valence-corrected chi connectivity index (χ4v) is 1.72. The second-order valence-electron chi connectivity index (χ2n) is 4.23. The topological polar surface area (TPSA) is 12.0 Å².